The van der Waals surface area contributed by atoms with Gasteiger partial charge in [-0.2, -0.15) is 0 Å². The Morgan fingerprint density at radius 3 is 2.65 bits per heavy atom. The molecule has 1 aliphatic heterocycles. The minimum absolute atomic E-state index is 0.0496. The van der Waals surface area contributed by atoms with Crippen molar-refractivity contribution in [1.29, 1.82) is 0 Å². The van der Waals surface area contributed by atoms with Crippen LogP contribution in [0.2, 0.25) is 0 Å². The summed E-state index contributed by atoms with van der Waals surface area (Å²) in [6.07, 6.45) is 0.935. The molecule has 1 aromatic rings. The van der Waals surface area contributed by atoms with E-state index in [-0.39, 0.29) is 23.7 Å². The maximum Gasteiger partial charge on any atom is 0.320 e. The average Bonchev–Trinajstić information content (AvgIpc) is 2.36. The van der Waals surface area contributed by atoms with Gasteiger partial charge in [0.05, 0.1) is 0 Å². The van der Waals surface area contributed by atoms with Gasteiger partial charge in [0.2, 0.25) is 0 Å². The van der Waals surface area contributed by atoms with Crippen LogP contribution in [0.5, 0.6) is 11.5 Å². The fourth-order valence-corrected chi connectivity index (χ4v) is 3.15. The SMILES string of the molecule is CS(=O)(=O)c1c(CC(N)C(=O)O)ccc2c1OCCO2. The van der Waals surface area contributed by atoms with Crippen LogP contribution in [0.4, 0.5) is 0 Å². The van der Waals surface area contributed by atoms with E-state index in [1.807, 2.05) is 0 Å². The van der Waals surface area contributed by atoms with E-state index in [1.165, 1.54) is 6.07 Å². The fraction of sp³-hybridized carbons (Fsp3) is 0.417. The van der Waals surface area contributed by atoms with E-state index in [2.05, 4.69) is 0 Å². The van der Waals surface area contributed by atoms with Crippen molar-refractivity contribution in [3.05, 3.63) is 17.7 Å². The van der Waals surface area contributed by atoms with Gasteiger partial charge in [-0.05, 0) is 18.1 Å². The zero-order valence-corrected chi connectivity index (χ0v) is 11.6. The van der Waals surface area contributed by atoms with Crippen LogP contribution in [-0.2, 0) is 21.1 Å². The highest BCUT2D eigenvalue weighted by Crippen LogP contribution is 2.39. The molecule has 0 radical (unpaired) electrons. The lowest BCUT2D eigenvalue weighted by Gasteiger charge is -2.22. The number of nitrogens with two attached hydrogens (primary N) is 1. The van der Waals surface area contributed by atoms with E-state index >= 15 is 0 Å². The molecule has 0 amide bonds. The fourth-order valence-electron chi connectivity index (χ4n) is 2.02. The minimum Gasteiger partial charge on any atom is -0.486 e. The van der Waals surface area contributed by atoms with E-state index in [4.69, 9.17) is 20.3 Å². The summed E-state index contributed by atoms with van der Waals surface area (Å²) in [6.45, 7) is 0.578. The van der Waals surface area contributed by atoms with Gasteiger partial charge >= 0.3 is 5.97 Å². The topological polar surface area (TPSA) is 116 Å². The second kappa shape index (κ2) is 5.29. The molecule has 0 saturated heterocycles. The molecular formula is C12H15NO6S. The Bertz CT molecular complexity index is 640. The first-order chi connectivity index (χ1) is 9.30. The van der Waals surface area contributed by atoms with Crippen LogP contribution in [0.15, 0.2) is 17.0 Å². The number of rotatable bonds is 4. The van der Waals surface area contributed by atoms with Crippen molar-refractivity contribution in [1.82, 2.24) is 0 Å². The van der Waals surface area contributed by atoms with Crippen molar-refractivity contribution in [3.8, 4) is 11.5 Å². The summed E-state index contributed by atoms with van der Waals surface area (Å²) in [5, 5.41) is 8.85. The normalized spacial score (nSPS) is 15.7. The largest absolute Gasteiger partial charge is 0.486 e. The second-order valence-corrected chi connectivity index (χ2v) is 6.45. The van der Waals surface area contributed by atoms with E-state index in [9.17, 15) is 13.2 Å². The standard InChI is InChI=1S/C12H15NO6S/c1-20(16,17)11-7(6-8(13)12(14)15)2-3-9-10(11)19-5-4-18-9/h2-3,8H,4-6,13H2,1H3,(H,14,15). The number of ether oxygens (including phenoxy) is 2. The monoisotopic (exact) mass is 301 g/mol. The molecule has 0 fully saturated rings. The van der Waals surface area contributed by atoms with Crippen LogP contribution in [0, 0.1) is 0 Å². The number of carbonyl (C=O) groups is 1. The molecule has 2 rings (SSSR count). The van der Waals surface area contributed by atoms with Crippen LogP contribution in [0.25, 0.3) is 0 Å². The minimum atomic E-state index is -3.60. The summed E-state index contributed by atoms with van der Waals surface area (Å²) < 4.78 is 34.6. The van der Waals surface area contributed by atoms with Crippen molar-refractivity contribution in [2.75, 3.05) is 19.5 Å². The molecule has 1 aromatic carbocycles. The molecule has 0 aliphatic carbocycles. The quantitative estimate of drug-likeness (QED) is 0.792. The third kappa shape index (κ3) is 2.86. The molecule has 110 valence electrons. The Morgan fingerprint density at radius 1 is 1.40 bits per heavy atom. The molecule has 20 heavy (non-hydrogen) atoms. The number of hydrogen-bond donors (Lipinski definition) is 2. The lowest BCUT2D eigenvalue weighted by Crippen LogP contribution is -2.33. The highest BCUT2D eigenvalue weighted by molar-refractivity contribution is 7.90. The molecule has 8 heteroatoms. The Hall–Kier alpha value is -1.80. The van der Waals surface area contributed by atoms with Gasteiger partial charge < -0.3 is 20.3 Å². The van der Waals surface area contributed by atoms with Gasteiger partial charge in [-0.3, -0.25) is 4.79 Å². The van der Waals surface area contributed by atoms with Crippen LogP contribution in [-0.4, -0.2) is 45.0 Å². The first-order valence-corrected chi connectivity index (χ1v) is 7.79. The molecule has 0 bridgehead atoms. The van der Waals surface area contributed by atoms with Gasteiger partial charge in [-0.15, -0.1) is 0 Å². The van der Waals surface area contributed by atoms with E-state index in [0.717, 1.165) is 6.26 Å². The number of aliphatic carboxylic acids is 1. The molecule has 0 aromatic heterocycles. The number of hydrogen-bond acceptors (Lipinski definition) is 6. The molecule has 3 N–H and O–H groups in total. The van der Waals surface area contributed by atoms with E-state index in [1.54, 1.807) is 6.07 Å². The maximum absolute atomic E-state index is 12.0. The summed E-state index contributed by atoms with van der Waals surface area (Å²) in [5.74, 6) is -0.725. The van der Waals surface area contributed by atoms with Gasteiger partial charge in [0, 0.05) is 6.26 Å². The van der Waals surface area contributed by atoms with Crippen LogP contribution >= 0.6 is 0 Å². The smallest absolute Gasteiger partial charge is 0.320 e. The Kier molecular flexibility index (Phi) is 3.87. The number of carboxylic acids is 1. The molecular weight excluding hydrogens is 286 g/mol. The molecule has 1 heterocycles. The zero-order valence-electron chi connectivity index (χ0n) is 10.8. The van der Waals surface area contributed by atoms with Crippen molar-refractivity contribution in [3.63, 3.8) is 0 Å². The molecule has 1 atom stereocenters. The van der Waals surface area contributed by atoms with E-state index in [0.29, 0.717) is 17.9 Å². The predicted molar refractivity (Wildman–Crippen MR) is 69.9 cm³/mol. The molecule has 0 spiro atoms. The number of fused-ring (bicyclic) bond motifs is 1. The second-order valence-electron chi connectivity index (χ2n) is 4.50. The van der Waals surface area contributed by atoms with Gasteiger partial charge in [-0.1, -0.05) is 6.07 Å². The third-order valence-corrected chi connectivity index (χ3v) is 4.06. The van der Waals surface area contributed by atoms with Crippen LogP contribution in [0.3, 0.4) is 0 Å². The van der Waals surface area contributed by atoms with Crippen molar-refractivity contribution >= 4 is 15.8 Å². The van der Waals surface area contributed by atoms with Gasteiger partial charge in [0.25, 0.3) is 0 Å². The first kappa shape index (κ1) is 14.6. The number of benzene rings is 1. The first-order valence-electron chi connectivity index (χ1n) is 5.90. The van der Waals surface area contributed by atoms with Gasteiger partial charge in [0.15, 0.2) is 21.3 Å². The zero-order chi connectivity index (χ0) is 14.9. The van der Waals surface area contributed by atoms with Crippen LogP contribution in [0.1, 0.15) is 5.56 Å². The summed E-state index contributed by atoms with van der Waals surface area (Å²) in [6, 6.07) is 1.89. The lowest BCUT2D eigenvalue weighted by atomic mass is 10.1. The molecule has 1 aliphatic rings. The molecule has 7 nitrogen and oxygen atoms in total. The Balaban J connectivity index is 2.55. The number of carboxylic acid groups (broad SMARTS) is 1. The lowest BCUT2D eigenvalue weighted by molar-refractivity contribution is -0.138. The Morgan fingerprint density at radius 2 is 2.05 bits per heavy atom. The van der Waals surface area contributed by atoms with Gasteiger partial charge in [0.1, 0.15) is 24.2 Å². The molecule has 0 saturated carbocycles. The predicted octanol–water partition coefficient (Wildman–Crippen LogP) is -0.184. The summed E-state index contributed by atoms with van der Waals surface area (Å²) in [4.78, 5) is 10.8. The third-order valence-electron chi connectivity index (χ3n) is 2.87. The van der Waals surface area contributed by atoms with Crippen LogP contribution < -0.4 is 15.2 Å². The highest BCUT2D eigenvalue weighted by Gasteiger charge is 2.27. The number of sulfone groups is 1. The van der Waals surface area contributed by atoms with Crippen molar-refractivity contribution in [2.24, 2.45) is 5.73 Å². The average molecular weight is 301 g/mol. The van der Waals surface area contributed by atoms with Crippen molar-refractivity contribution in [2.45, 2.75) is 17.4 Å². The maximum atomic E-state index is 12.0. The van der Waals surface area contributed by atoms with Crippen molar-refractivity contribution < 1.29 is 27.8 Å². The summed E-state index contributed by atoms with van der Waals surface area (Å²) >= 11 is 0. The summed E-state index contributed by atoms with van der Waals surface area (Å²) in [7, 11) is -3.60. The summed E-state index contributed by atoms with van der Waals surface area (Å²) in [5.41, 5.74) is 5.78. The molecule has 1 unspecified atom stereocenters. The Labute approximate surface area is 116 Å². The van der Waals surface area contributed by atoms with Gasteiger partial charge in [-0.25, -0.2) is 8.42 Å². The van der Waals surface area contributed by atoms with E-state index < -0.39 is 21.8 Å². The highest BCUT2D eigenvalue weighted by atomic mass is 32.2.